The summed E-state index contributed by atoms with van der Waals surface area (Å²) < 4.78 is 0. The lowest BCUT2D eigenvalue weighted by atomic mass is 10.1. The third-order valence-corrected chi connectivity index (χ3v) is 2.94. The van der Waals surface area contributed by atoms with E-state index >= 15 is 0 Å². The molecule has 0 aliphatic rings. The summed E-state index contributed by atoms with van der Waals surface area (Å²) in [6.07, 6.45) is 3.41. The van der Waals surface area contributed by atoms with E-state index in [0.717, 1.165) is 31.7 Å². The Labute approximate surface area is 104 Å². The SMILES string of the molecule is CCCCN(CCO)CCc1ccc(N)cc1. The van der Waals surface area contributed by atoms with E-state index in [0.29, 0.717) is 0 Å². The Kier molecular flexibility index (Phi) is 6.67. The van der Waals surface area contributed by atoms with Crippen molar-refractivity contribution in [1.82, 2.24) is 4.90 Å². The highest BCUT2D eigenvalue weighted by Crippen LogP contribution is 2.07. The van der Waals surface area contributed by atoms with Gasteiger partial charge < -0.3 is 15.7 Å². The number of rotatable bonds is 8. The van der Waals surface area contributed by atoms with Crippen LogP contribution in [0.15, 0.2) is 24.3 Å². The van der Waals surface area contributed by atoms with E-state index < -0.39 is 0 Å². The number of aliphatic hydroxyl groups excluding tert-OH is 1. The van der Waals surface area contributed by atoms with Crippen molar-refractivity contribution < 1.29 is 5.11 Å². The summed E-state index contributed by atoms with van der Waals surface area (Å²) in [7, 11) is 0. The van der Waals surface area contributed by atoms with E-state index in [1.54, 1.807) is 0 Å². The number of aliphatic hydroxyl groups is 1. The zero-order valence-corrected chi connectivity index (χ0v) is 10.7. The van der Waals surface area contributed by atoms with Crippen molar-refractivity contribution >= 4 is 5.69 Å². The highest BCUT2D eigenvalue weighted by molar-refractivity contribution is 5.39. The normalized spacial score (nSPS) is 11.0. The third kappa shape index (κ3) is 5.71. The van der Waals surface area contributed by atoms with Crippen molar-refractivity contribution in [3.8, 4) is 0 Å². The Balaban J connectivity index is 2.37. The average molecular weight is 236 g/mol. The summed E-state index contributed by atoms with van der Waals surface area (Å²) in [4.78, 5) is 2.32. The molecule has 1 aromatic rings. The predicted molar refractivity (Wildman–Crippen MR) is 73.0 cm³/mol. The maximum Gasteiger partial charge on any atom is 0.0558 e. The molecule has 0 aliphatic carbocycles. The third-order valence-electron chi connectivity index (χ3n) is 2.94. The van der Waals surface area contributed by atoms with Crippen LogP contribution in [-0.4, -0.2) is 36.2 Å². The Hall–Kier alpha value is -1.06. The minimum Gasteiger partial charge on any atom is -0.399 e. The standard InChI is InChI=1S/C14H24N2O/c1-2-3-9-16(11-12-17)10-8-13-4-6-14(15)7-5-13/h4-7,17H,2-3,8-12,15H2,1H3. The van der Waals surface area contributed by atoms with Crippen molar-refractivity contribution in [2.24, 2.45) is 0 Å². The summed E-state index contributed by atoms with van der Waals surface area (Å²) >= 11 is 0. The van der Waals surface area contributed by atoms with Crippen LogP contribution in [0.2, 0.25) is 0 Å². The molecular formula is C14H24N2O. The molecule has 3 heteroatoms. The second-order valence-corrected chi connectivity index (χ2v) is 4.41. The van der Waals surface area contributed by atoms with Gasteiger partial charge in [0.1, 0.15) is 0 Å². The Morgan fingerprint density at radius 2 is 1.82 bits per heavy atom. The number of unbranched alkanes of at least 4 members (excludes halogenated alkanes) is 1. The van der Waals surface area contributed by atoms with Gasteiger partial charge in [0.2, 0.25) is 0 Å². The molecule has 96 valence electrons. The Morgan fingerprint density at radius 3 is 2.41 bits per heavy atom. The van der Waals surface area contributed by atoms with Crippen LogP contribution in [0.5, 0.6) is 0 Å². The minimum atomic E-state index is 0.242. The lowest BCUT2D eigenvalue weighted by Gasteiger charge is -2.20. The Morgan fingerprint density at radius 1 is 1.12 bits per heavy atom. The molecule has 0 amide bonds. The molecule has 0 bridgehead atoms. The average Bonchev–Trinajstić information content (AvgIpc) is 2.35. The van der Waals surface area contributed by atoms with E-state index in [1.165, 1.54) is 18.4 Å². The van der Waals surface area contributed by atoms with Crippen LogP contribution in [0.25, 0.3) is 0 Å². The van der Waals surface area contributed by atoms with Crippen LogP contribution in [0.1, 0.15) is 25.3 Å². The van der Waals surface area contributed by atoms with Crippen LogP contribution in [0.3, 0.4) is 0 Å². The second kappa shape index (κ2) is 8.09. The first-order valence-corrected chi connectivity index (χ1v) is 6.44. The lowest BCUT2D eigenvalue weighted by molar-refractivity contribution is 0.195. The van der Waals surface area contributed by atoms with Gasteiger partial charge in [-0.3, -0.25) is 0 Å². The maximum absolute atomic E-state index is 9.01. The number of nitrogens with zero attached hydrogens (tertiary/aromatic N) is 1. The largest absolute Gasteiger partial charge is 0.399 e. The fourth-order valence-corrected chi connectivity index (χ4v) is 1.83. The summed E-state index contributed by atoms with van der Waals surface area (Å²) in [5.74, 6) is 0. The van der Waals surface area contributed by atoms with Crippen molar-refractivity contribution in [2.45, 2.75) is 26.2 Å². The van der Waals surface area contributed by atoms with Gasteiger partial charge in [-0.05, 0) is 37.1 Å². The van der Waals surface area contributed by atoms with E-state index in [2.05, 4.69) is 24.0 Å². The van der Waals surface area contributed by atoms with Gasteiger partial charge in [-0.25, -0.2) is 0 Å². The molecule has 3 nitrogen and oxygen atoms in total. The first-order chi connectivity index (χ1) is 8.26. The van der Waals surface area contributed by atoms with Crippen LogP contribution in [0.4, 0.5) is 5.69 Å². The van der Waals surface area contributed by atoms with Crippen LogP contribution in [0, 0.1) is 0 Å². The van der Waals surface area contributed by atoms with Gasteiger partial charge in [0.15, 0.2) is 0 Å². The van der Waals surface area contributed by atoms with Crippen molar-refractivity contribution in [3.63, 3.8) is 0 Å². The predicted octanol–water partition coefficient (Wildman–Crippen LogP) is 1.91. The van der Waals surface area contributed by atoms with Crippen LogP contribution >= 0.6 is 0 Å². The molecule has 0 saturated heterocycles. The molecular weight excluding hydrogens is 212 g/mol. The van der Waals surface area contributed by atoms with Gasteiger partial charge in [0, 0.05) is 18.8 Å². The van der Waals surface area contributed by atoms with Crippen molar-refractivity contribution in [1.29, 1.82) is 0 Å². The van der Waals surface area contributed by atoms with Gasteiger partial charge in [0.05, 0.1) is 6.61 Å². The Bertz CT molecular complexity index is 298. The molecule has 0 spiro atoms. The number of hydrogen-bond acceptors (Lipinski definition) is 3. The van der Waals surface area contributed by atoms with Crippen LogP contribution < -0.4 is 5.73 Å². The summed E-state index contributed by atoms with van der Waals surface area (Å²) in [5, 5.41) is 9.01. The zero-order chi connectivity index (χ0) is 12.5. The second-order valence-electron chi connectivity index (χ2n) is 4.41. The molecule has 3 N–H and O–H groups in total. The molecule has 17 heavy (non-hydrogen) atoms. The number of hydrogen-bond donors (Lipinski definition) is 2. The monoisotopic (exact) mass is 236 g/mol. The topological polar surface area (TPSA) is 49.5 Å². The molecule has 0 heterocycles. The summed E-state index contributed by atoms with van der Waals surface area (Å²) in [5.41, 5.74) is 7.77. The van der Waals surface area contributed by atoms with Gasteiger partial charge in [-0.1, -0.05) is 25.5 Å². The summed E-state index contributed by atoms with van der Waals surface area (Å²) in [6, 6.07) is 8.04. The number of nitrogens with two attached hydrogens (primary N) is 1. The smallest absolute Gasteiger partial charge is 0.0558 e. The van der Waals surface area contributed by atoms with Crippen molar-refractivity contribution in [2.75, 3.05) is 32.0 Å². The number of benzene rings is 1. The van der Waals surface area contributed by atoms with Gasteiger partial charge in [-0.2, -0.15) is 0 Å². The quantitative estimate of drug-likeness (QED) is 0.678. The zero-order valence-electron chi connectivity index (χ0n) is 10.7. The molecule has 0 aromatic heterocycles. The minimum absolute atomic E-state index is 0.242. The molecule has 0 saturated carbocycles. The van der Waals surface area contributed by atoms with E-state index in [4.69, 9.17) is 10.8 Å². The molecule has 1 rings (SSSR count). The fraction of sp³-hybridized carbons (Fsp3) is 0.571. The highest BCUT2D eigenvalue weighted by Gasteiger charge is 2.03. The van der Waals surface area contributed by atoms with Gasteiger partial charge in [-0.15, -0.1) is 0 Å². The highest BCUT2D eigenvalue weighted by atomic mass is 16.3. The fourth-order valence-electron chi connectivity index (χ4n) is 1.83. The molecule has 0 atom stereocenters. The number of anilines is 1. The lowest BCUT2D eigenvalue weighted by Crippen LogP contribution is -2.30. The first kappa shape index (κ1) is 14.0. The first-order valence-electron chi connectivity index (χ1n) is 6.44. The maximum atomic E-state index is 9.01. The van der Waals surface area contributed by atoms with Crippen LogP contribution in [-0.2, 0) is 6.42 Å². The molecule has 1 aromatic carbocycles. The molecule has 0 fully saturated rings. The number of nitrogen functional groups attached to an aromatic ring is 1. The molecule has 0 radical (unpaired) electrons. The van der Waals surface area contributed by atoms with Crippen molar-refractivity contribution in [3.05, 3.63) is 29.8 Å². The summed E-state index contributed by atoms with van der Waals surface area (Å²) in [6.45, 7) is 5.29. The molecule has 0 aliphatic heterocycles. The van der Waals surface area contributed by atoms with E-state index in [-0.39, 0.29) is 6.61 Å². The van der Waals surface area contributed by atoms with E-state index in [9.17, 15) is 0 Å². The molecule has 0 unspecified atom stereocenters. The van der Waals surface area contributed by atoms with Gasteiger partial charge in [0.25, 0.3) is 0 Å². The van der Waals surface area contributed by atoms with Gasteiger partial charge >= 0.3 is 0 Å². The van der Waals surface area contributed by atoms with E-state index in [1.807, 2.05) is 12.1 Å².